The van der Waals surface area contributed by atoms with Gasteiger partial charge in [0.1, 0.15) is 0 Å². The molecule has 1 saturated heterocycles. The zero-order chi connectivity index (χ0) is 20.1. The van der Waals surface area contributed by atoms with E-state index in [-0.39, 0.29) is 5.56 Å². The molecule has 2 aromatic heterocycles. The van der Waals surface area contributed by atoms with Crippen molar-refractivity contribution < 1.29 is 4.90 Å². The minimum Gasteiger partial charge on any atom is -0.316 e. The van der Waals surface area contributed by atoms with Gasteiger partial charge in [0.2, 0.25) is 10.5 Å². The van der Waals surface area contributed by atoms with Crippen LogP contribution in [-0.2, 0) is 6.67 Å². The molecule has 1 N–H and O–H groups in total. The third kappa shape index (κ3) is 2.92. The molecule has 0 bridgehead atoms. The molecular weight excluding hydrogens is 382 g/mol. The van der Waals surface area contributed by atoms with E-state index < -0.39 is 0 Å². The fourth-order valence-corrected chi connectivity index (χ4v) is 4.62. The molecule has 0 aliphatic carbocycles. The summed E-state index contributed by atoms with van der Waals surface area (Å²) in [5, 5.41) is 5.49. The van der Waals surface area contributed by atoms with Gasteiger partial charge in [-0.3, -0.25) is 9.20 Å². The second kappa shape index (κ2) is 6.93. The molecule has 0 amide bonds. The Kier molecular flexibility index (Phi) is 4.37. The Hall–Kier alpha value is -2.77. The summed E-state index contributed by atoms with van der Waals surface area (Å²) in [6.45, 7) is 7.07. The minimum atomic E-state index is -0.0672. The Bertz CT molecular complexity index is 1360. The van der Waals surface area contributed by atoms with Crippen LogP contribution < -0.4 is 10.5 Å². The quantitative estimate of drug-likeness (QED) is 0.532. The summed E-state index contributed by atoms with van der Waals surface area (Å²) < 4.78 is 6.19. The average Bonchev–Trinajstić information content (AvgIpc) is 3.33. The number of para-hydroxylation sites is 1. The van der Waals surface area contributed by atoms with Crippen molar-refractivity contribution in [3.05, 3.63) is 68.7 Å². The summed E-state index contributed by atoms with van der Waals surface area (Å²) in [5.74, 6) is 0.575. The van der Waals surface area contributed by atoms with Crippen molar-refractivity contribution in [3.8, 4) is 5.69 Å². The van der Waals surface area contributed by atoms with E-state index in [4.69, 9.17) is 17.3 Å². The number of hydrogen-bond donors (Lipinski definition) is 1. The summed E-state index contributed by atoms with van der Waals surface area (Å²) in [4.78, 5) is 15.0. The lowest BCUT2D eigenvalue weighted by Crippen LogP contribution is -3.09. The van der Waals surface area contributed by atoms with E-state index in [9.17, 15) is 4.79 Å². The lowest BCUT2D eigenvalue weighted by molar-refractivity contribution is -0.911. The Morgan fingerprint density at radius 3 is 2.66 bits per heavy atom. The molecule has 5 rings (SSSR count). The predicted octanol–water partition coefficient (Wildman–Crippen LogP) is 2.42. The van der Waals surface area contributed by atoms with Crippen LogP contribution in [0.4, 0.5) is 0 Å². The van der Waals surface area contributed by atoms with Crippen molar-refractivity contribution in [2.75, 3.05) is 13.1 Å². The van der Waals surface area contributed by atoms with Gasteiger partial charge in [0, 0.05) is 12.8 Å². The first kappa shape index (κ1) is 18.3. The van der Waals surface area contributed by atoms with E-state index in [1.165, 1.54) is 17.7 Å². The van der Waals surface area contributed by atoms with Crippen LogP contribution in [0.15, 0.2) is 47.3 Å². The molecule has 1 fully saturated rings. The molecule has 0 saturated carbocycles. The van der Waals surface area contributed by atoms with E-state index in [1.807, 2.05) is 59.3 Å². The first-order valence-electron chi connectivity index (χ1n) is 10.1. The minimum absolute atomic E-state index is 0.0672. The molecular formula is C22H24N5OS+. The zero-order valence-corrected chi connectivity index (χ0v) is 17.5. The maximum Gasteiger partial charge on any atom is 0.267 e. The number of nitrogens with zero attached hydrogens (tertiary/aromatic N) is 4. The first-order chi connectivity index (χ1) is 14.0. The maximum atomic E-state index is 13.5. The van der Waals surface area contributed by atoms with E-state index in [2.05, 4.69) is 6.07 Å². The van der Waals surface area contributed by atoms with Crippen molar-refractivity contribution >= 4 is 28.9 Å². The van der Waals surface area contributed by atoms with Gasteiger partial charge in [-0.15, -0.1) is 5.10 Å². The molecule has 0 spiro atoms. The highest BCUT2D eigenvalue weighted by molar-refractivity contribution is 7.71. The van der Waals surface area contributed by atoms with Gasteiger partial charge in [-0.25, -0.2) is 4.57 Å². The third-order valence-corrected chi connectivity index (χ3v) is 6.28. The number of aryl methyl sites for hydroxylation is 2. The molecule has 7 heteroatoms. The molecule has 3 heterocycles. The van der Waals surface area contributed by atoms with Crippen LogP contribution in [0.1, 0.15) is 24.0 Å². The molecule has 2 aromatic carbocycles. The normalized spacial score (nSPS) is 15.0. The summed E-state index contributed by atoms with van der Waals surface area (Å²) in [5.41, 5.74) is 3.72. The van der Waals surface area contributed by atoms with E-state index in [0.29, 0.717) is 15.9 Å². The van der Waals surface area contributed by atoms with Crippen molar-refractivity contribution in [2.24, 2.45) is 0 Å². The summed E-state index contributed by atoms with van der Waals surface area (Å²) in [7, 11) is 0. The first-order valence-corrected chi connectivity index (χ1v) is 10.5. The number of fused-ring (bicyclic) bond motifs is 3. The summed E-state index contributed by atoms with van der Waals surface area (Å²) in [6.07, 6.45) is 2.48. The van der Waals surface area contributed by atoms with Crippen molar-refractivity contribution in [1.82, 2.24) is 18.7 Å². The van der Waals surface area contributed by atoms with Crippen molar-refractivity contribution in [1.29, 1.82) is 0 Å². The number of benzene rings is 2. The topological polar surface area (TPSA) is 48.7 Å². The fourth-order valence-electron chi connectivity index (χ4n) is 4.34. The number of nitrogens with one attached hydrogen (secondary N) is 1. The second-order valence-corrected chi connectivity index (χ2v) is 8.35. The number of rotatable bonds is 3. The smallest absolute Gasteiger partial charge is 0.267 e. The highest BCUT2D eigenvalue weighted by atomic mass is 32.1. The summed E-state index contributed by atoms with van der Waals surface area (Å²) in [6, 6.07) is 13.8. The second-order valence-electron chi connectivity index (χ2n) is 7.98. The van der Waals surface area contributed by atoms with E-state index >= 15 is 0 Å². The van der Waals surface area contributed by atoms with Gasteiger partial charge in [0.15, 0.2) is 6.67 Å². The highest BCUT2D eigenvalue weighted by Gasteiger charge is 2.21. The molecule has 4 aromatic rings. The maximum absolute atomic E-state index is 13.5. The average molecular weight is 407 g/mol. The highest BCUT2D eigenvalue weighted by Crippen LogP contribution is 2.20. The molecule has 0 radical (unpaired) electrons. The standard InChI is InChI=1S/C22H23N5OS/c1-15-9-10-16(2)19(13-15)26-20(28)17-7-3-4-8-18(17)27-21(26)23-25(22(27)29)14-24-11-5-6-12-24/h3-4,7-10,13H,5-6,11-12,14H2,1-2H3/p+1. The van der Waals surface area contributed by atoms with Crippen molar-refractivity contribution in [2.45, 2.75) is 33.4 Å². The van der Waals surface area contributed by atoms with Gasteiger partial charge >= 0.3 is 0 Å². The van der Waals surface area contributed by atoms with E-state index in [0.717, 1.165) is 42.1 Å². The molecule has 0 atom stereocenters. The molecule has 148 valence electrons. The van der Waals surface area contributed by atoms with Crippen molar-refractivity contribution in [3.63, 3.8) is 0 Å². The van der Waals surface area contributed by atoms with Crippen LogP contribution in [-0.4, -0.2) is 31.8 Å². The van der Waals surface area contributed by atoms with Gasteiger partial charge in [-0.2, -0.15) is 4.68 Å². The lowest BCUT2D eigenvalue weighted by atomic mass is 10.1. The number of hydrogen-bond acceptors (Lipinski definition) is 3. The van der Waals surface area contributed by atoms with Crippen LogP contribution in [0, 0.1) is 18.6 Å². The van der Waals surface area contributed by atoms with Crippen LogP contribution in [0.25, 0.3) is 22.4 Å². The van der Waals surface area contributed by atoms with Crippen LogP contribution in [0.2, 0.25) is 0 Å². The van der Waals surface area contributed by atoms with Gasteiger partial charge in [-0.05, 0) is 55.4 Å². The molecule has 29 heavy (non-hydrogen) atoms. The lowest BCUT2D eigenvalue weighted by Gasteiger charge is -2.13. The molecule has 1 aliphatic rings. The Morgan fingerprint density at radius 2 is 1.86 bits per heavy atom. The van der Waals surface area contributed by atoms with Gasteiger partial charge in [0.05, 0.1) is 29.7 Å². The third-order valence-electron chi connectivity index (χ3n) is 5.89. The van der Waals surface area contributed by atoms with Crippen LogP contribution >= 0.6 is 12.2 Å². The Morgan fingerprint density at radius 1 is 1.10 bits per heavy atom. The van der Waals surface area contributed by atoms with Gasteiger partial charge < -0.3 is 4.90 Å². The predicted molar refractivity (Wildman–Crippen MR) is 117 cm³/mol. The monoisotopic (exact) mass is 406 g/mol. The SMILES string of the molecule is Cc1ccc(C)c(-n2c(=O)c3ccccc3n3c(=S)n(C[NH+]4CCCC4)nc23)c1. The van der Waals surface area contributed by atoms with Gasteiger partial charge in [0.25, 0.3) is 5.56 Å². The number of aromatic nitrogens is 4. The number of likely N-dealkylation sites (tertiary alicyclic amines) is 1. The van der Waals surface area contributed by atoms with Crippen LogP contribution in [0.3, 0.4) is 0 Å². The van der Waals surface area contributed by atoms with Gasteiger partial charge in [-0.1, -0.05) is 24.3 Å². The largest absolute Gasteiger partial charge is 0.316 e. The Labute approximate surface area is 173 Å². The Balaban J connectivity index is 1.88. The van der Waals surface area contributed by atoms with E-state index in [1.54, 1.807) is 4.57 Å². The van der Waals surface area contributed by atoms with Crippen LogP contribution in [0.5, 0.6) is 0 Å². The fraction of sp³-hybridized carbons (Fsp3) is 0.318. The summed E-state index contributed by atoms with van der Waals surface area (Å²) >= 11 is 5.84. The zero-order valence-electron chi connectivity index (χ0n) is 16.7. The molecule has 0 unspecified atom stereocenters. The molecule has 6 nitrogen and oxygen atoms in total. The molecule has 1 aliphatic heterocycles. The number of quaternary nitrogens is 1.